The summed E-state index contributed by atoms with van der Waals surface area (Å²) in [5.74, 6) is -0.802. The smallest absolute Gasteiger partial charge is 0.462 e. The van der Waals surface area contributed by atoms with Gasteiger partial charge in [0.25, 0.3) is 0 Å². The fraction of sp³-hybridized carbons (Fsp3) is 0.849. The third-order valence-corrected chi connectivity index (χ3v) is 12.4. The molecule has 0 heterocycles. The Balaban J connectivity index is 4.12. The van der Waals surface area contributed by atoms with Gasteiger partial charge in [0.05, 0.1) is 27.7 Å². The van der Waals surface area contributed by atoms with Crippen molar-refractivity contribution < 1.29 is 42.1 Å². The molecule has 0 aromatic heterocycles. The molecule has 0 aliphatic rings. The highest BCUT2D eigenvalue weighted by molar-refractivity contribution is 7.47. The Morgan fingerprint density at radius 1 is 0.492 bits per heavy atom. The molecule has 0 spiro atoms. The summed E-state index contributed by atoms with van der Waals surface area (Å²) in [6, 6.07) is 0. The van der Waals surface area contributed by atoms with Crippen LogP contribution in [0.3, 0.4) is 0 Å². The van der Waals surface area contributed by atoms with Gasteiger partial charge in [-0.3, -0.25) is 18.6 Å². The first-order valence-electron chi connectivity index (χ1n) is 26.2. The lowest BCUT2D eigenvalue weighted by Crippen LogP contribution is -2.37. The van der Waals surface area contributed by atoms with Crippen LogP contribution in [-0.4, -0.2) is 74.9 Å². The highest BCUT2D eigenvalue weighted by atomic mass is 31.2. The second-order valence-electron chi connectivity index (χ2n) is 18.9. The van der Waals surface area contributed by atoms with E-state index in [0.29, 0.717) is 17.4 Å². The Morgan fingerprint density at radius 2 is 0.857 bits per heavy atom. The lowest BCUT2D eigenvalue weighted by atomic mass is 10.0. The van der Waals surface area contributed by atoms with Crippen LogP contribution in [0.1, 0.15) is 239 Å². The van der Waals surface area contributed by atoms with Gasteiger partial charge in [-0.25, -0.2) is 4.57 Å². The number of allylic oxidation sites excluding steroid dienone is 6. The van der Waals surface area contributed by atoms with Crippen LogP contribution >= 0.6 is 7.82 Å². The maximum Gasteiger partial charge on any atom is 0.472 e. The lowest BCUT2D eigenvalue weighted by Gasteiger charge is -2.24. The van der Waals surface area contributed by atoms with Crippen LogP contribution < -0.4 is 0 Å². The molecule has 63 heavy (non-hydrogen) atoms. The second kappa shape index (κ2) is 45.4. The number of carbonyl (C=O) groups is 2. The molecular formula is C53H101NO8P+. The van der Waals surface area contributed by atoms with Crippen molar-refractivity contribution in [1.82, 2.24) is 0 Å². The highest BCUT2D eigenvalue weighted by Gasteiger charge is 2.27. The van der Waals surface area contributed by atoms with Gasteiger partial charge in [0.15, 0.2) is 6.10 Å². The molecule has 9 nitrogen and oxygen atoms in total. The van der Waals surface area contributed by atoms with Crippen molar-refractivity contribution >= 4 is 19.8 Å². The third-order valence-electron chi connectivity index (χ3n) is 11.4. The molecule has 0 aromatic carbocycles. The van der Waals surface area contributed by atoms with Gasteiger partial charge in [0, 0.05) is 12.8 Å². The number of likely N-dealkylation sites (N-methyl/N-ethyl adjacent to an activating group) is 1. The van der Waals surface area contributed by atoms with Crippen molar-refractivity contribution in [2.45, 2.75) is 245 Å². The largest absolute Gasteiger partial charge is 0.472 e. The molecule has 0 aromatic rings. The van der Waals surface area contributed by atoms with Crippen LogP contribution in [0, 0.1) is 0 Å². The fourth-order valence-corrected chi connectivity index (χ4v) is 8.02. The lowest BCUT2D eigenvalue weighted by molar-refractivity contribution is -0.870. The molecule has 0 bridgehead atoms. The fourth-order valence-electron chi connectivity index (χ4n) is 7.28. The number of carbonyl (C=O) groups excluding carboxylic acids is 2. The average molecular weight is 911 g/mol. The summed E-state index contributed by atoms with van der Waals surface area (Å²) in [5, 5.41) is 0. The Morgan fingerprint density at radius 3 is 1.30 bits per heavy atom. The van der Waals surface area contributed by atoms with Crippen molar-refractivity contribution in [3.8, 4) is 0 Å². The van der Waals surface area contributed by atoms with Crippen LogP contribution in [0.2, 0.25) is 0 Å². The van der Waals surface area contributed by atoms with E-state index in [2.05, 4.69) is 50.3 Å². The molecule has 0 radical (unpaired) electrons. The number of hydrogen-bond donors (Lipinski definition) is 1. The van der Waals surface area contributed by atoms with E-state index >= 15 is 0 Å². The molecule has 2 atom stereocenters. The van der Waals surface area contributed by atoms with Crippen LogP contribution in [0.4, 0.5) is 0 Å². The number of nitrogens with zero attached hydrogens (tertiary/aromatic N) is 1. The van der Waals surface area contributed by atoms with Crippen LogP contribution in [-0.2, 0) is 32.7 Å². The quantitative estimate of drug-likeness (QED) is 0.0211. The van der Waals surface area contributed by atoms with E-state index in [1.165, 1.54) is 148 Å². The Bertz CT molecular complexity index is 1170. The predicted octanol–water partition coefficient (Wildman–Crippen LogP) is 15.6. The van der Waals surface area contributed by atoms with Gasteiger partial charge in [-0.15, -0.1) is 0 Å². The topological polar surface area (TPSA) is 108 Å². The number of phosphoric ester groups is 1. The first-order valence-corrected chi connectivity index (χ1v) is 27.7. The normalized spacial score (nSPS) is 13.7. The molecule has 10 heteroatoms. The number of unbranched alkanes of at least 4 members (excludes halogenated alkanes) is 28. The minimum absolute atomic E-state index is 0.0313. The van der Waals surface area contributed by atoms with Crippen molar-refractivity contribution in [2.24, 2.45) is 0 Å². The molecule has 0 fully saturated rings. The molecule has 0 amide bonds. The summed E-state index contributed by atoms with van der Waals surface area (Å²) in [5.41, 5.74) is 0. The first kappa shape index (κ1) is 61.2. The van der Waals surface area contributed by atoms with E-state index in [1.807, 2.05) is 21.1 Å². The molecule has 2 unspecified atom stereocenters. The summed E-state index contributed by atoms with van der Waals surface area (Å²) >= 11 is 0. The summed E-state index contributed by atoms with van der Waals surface area (Å²) in [4.78, 5) is 35.5. The highest BCUT2D eigenvalue weighted by Crippen LogP contribution is 2.43. The zero-order chi connectivity index (χ0) is 46.4. The number of ether oxygens (including phenoxy) is 2. The summed E-state index contributed by atoms with van der Waals surface area (Å²) in [6.07, 6.45) is 53.5. The van der Waals surface area contributed by atoms with E-state index in [1.54, 1.807) is 0 Å². The monoisotopic (exact) mass is 911 g/mol. The maximum absolute atomic E-state index is 12.8. The molecule has 1 N–H and O–H groups in total. The van der Waals surface area contributed by atoms with E-state index in [4.69, 9.17) is 18.5 Å². The molecule has 0 aliphatic heterocycles. The van der Waals surface area contributed by atoms with Crippen molar-refractivity contribution in [3.63, 3.8) is 0 Å². The van der Waals surface area contributed by atoms with Gasteiger partial charge in [-0.05, 0) is 70.6 Å². The van der Waals surface area contributed by atoms with Gasteiger partial charge in [0.2, 0.25) is 0 Å². The van der Waals surface area contributed by atoms with Gasteiger partial charge < -0.3 is 18.9 Å². The SMILES string of the molecule is CCCCC/C=C\CCCCCCCC(=O)OCC(COP(=O)(O)OCC[N+](C)(C)C)OC(=O)CCCCCCCCCCCCCCCCC/C=C\C/C=C\CCCCCCC. The summed E-state index contributed by atoms with van der Waals surface area (Å²) in [6.45, 7) is 4.40. The average Bonchev–Trinajstić information content (AvgIpc) is 3.24. The third kappa shape index (κ3) is 49.5. The van der Waals surface area contributed by atoms with Gasteiger partial charge in [0.1, 0.15) is 19.8 Å². The number of quaternary nitrogens is 1. The minimum atomic E-state index is -4.38. The Hall–Kier alpha value is -1.77. The predicted molar refractivity (Wildman–Crippen MR) is 266 cm³/mol. The molecular weight excluding hydrogens is 810 g/mol. The number of esters is 2. The zero-order valence-corrected chi connectivity index (χ0v) is 42.7. The van der Waals surface area contributed by atoms with Crippen molar-refractivity contribution in [1.29, 1.82) is 0 Å². The zero-order valence-electron chi connectivity index (χ0n) is 41.8. The number of rotatable bonds is 48. The molecule has 0 saturated carbocycles. The van der Waals surface area contributed by atoms with Crippen molar-refractivity contribution in [2.75, 3.05) is 47.5 Å². The Kier molecular flexibility index (Phi) is 44.1. The summed E-state index contributed by atoms with van der Waals surface area (Å²) < 4.78 is 34.4. The van der Waals surface area contributed by atoms with E-state index in [0.717, 1.165) is 57.8 Å². The van der Waals surface area contributed by atoms with Crippen LogP contribution in [0.15, 0.2) is 36.5 Å². The standard InChI is InChI=1S/C53H100NO8P/c1-6-8-10-12-14-16-18-20-21-22-23-24-25-26-27-28-29-30-31-32-33-34-36-38-40-42-44-46-53(56)62-51(50-61-63(57,58)60-48-47-54(3,4)5)49-59-52(55)45-43-41-39-37-35-19-17-15-13-11-9-7-2/h15,17-18,20,22-23,51H,6-14,16,19,21,24-50H2,1-5H3/p+1/b17-15-,20-18-,23-22-. The number of phosphoric acid groups is 1. The van der Waals surface area contributed by atoms with Gasteiger partial charge in [-0.2, -0.15) is 0 Å². The van der Waals surface area contributed by atoms with Gasteiger partial charge >= 0.3 is 19.8 Å². The van der Waals surface area contributed by atoms with Crippen LogP contribution in [0.5, 0.6) is 0 Å². The van der Waals surface area contributed by atoms with Crippen LogP contribution in [0.25, 0.3) is 0 Å². The van der Waals surface area contributed by atoms with Crippen molar-refractivity contribution in [3.05, 3.63) is 36.5 Å². The van der Waals surface area contributed by atoms with E-state index < -0.39 is 26.5 Å². The maximum atomic E-state index is 12.8. The van der Waals surface area contributed by atoms with Gasteiger partial charge in [-0.1, -0.05) is 192 Å². The molecule has 0 aliphatic carbocycles. The molecule has 0 rings (SSSR count). The first-order chi connectivity index (χ1) is 30.5. The molecule has 370 valence electrons. The van der Waals surface area contributed by atoms with E-state index in [9.17, 15) is 19.0 Å². The number of hydrogen-bond acceptors (Lipinski definition) is 7. The minimum Gasteiger partial charge on any atom is -0.462 e. The molecule has 0 saturated heterocycles. The Labute approximate surface area is 389 Å². The summed E-state index contributed by atoms with van der Waals surface area (Å²) in [7, 11) is 1.48. The van der Waals surface area contributed by atoms with E-state index in [-0.39, 0.29) is 32.0 Å². The second-order valence-corrected chi connectivity index (χ2v) is 20.4.